The van der Waals surface area contributed by atoms with E-state index in [2.05, 4.69) is 0 Å². The molecule has 1 heterocycles. The smallest absolute Gasteiger partial charge is 0.322 e. The van der Waals surface area contributed by atoms with Gasteiger partial charge in [-0.3, -0.25) is 14.4 Å². The number of aldehydes is 1. The Morgan fingerprint density at radius 1 is 1.14 bits per heavy atom. The molecule has 154 valence electrons. The Kier molecular flexibility index (Phi) is 8.44. The van der Waals surface area contributed by atoms with Crippen LogP contribution in [0.5, 0.6) is 0 Å². The highest BCUT2D eigenvalue weighted by Gasteiger charge is 2.45. The summed E-state index contributed by atoms with van der Waals surface area (Å²) in [5.74, 6) is -2.40. The number of nitrogens with zero attached hydrogens (tertiary/aromatic N) is 1. The Hall–Kier alpha value is -2.41. The number of hydrogen-bond donors (Lipinski definition) is 0. The third kappa shape index (κ3) is 5.32. The van der Waals surface area contributed by atoms with Crippen molar-refractivity contribution in [3.63, 3.8) is 0 Å². The van der Waals surface area contributed by atoms with E-state index in [9.17, 15) is 14.4 Å². The number of hydrogen-bond acceptors (Lipinski definition) is 7. The molecule has 2 atom stereocenters. The molecule has 0 aliphatic carbocycles. The Morgan fingerprint density at radius 2 is 1.75 bits per heavy atom. The summed E-state index contributed by atoms with van der Waals surface area (Å²) in [4.78, 5) is 42.7. The van der Waals surface area contributed by atoms with Gasteiger partial charge in [0.1, 0.15) is 6.10 Å². The summed E-state index contributed by atoms with van der Waals surface area (Å²) < 4.78 is 10.6. The molecule has 1 fully saturated rings. The number of ether oxygens (including phenoxy) is 2. The number of esters is 2. The molecule has 7 nitrogen and oxygen atoms in total. The third-order valence-corrected chi connectivity index (χ3v) is 4.59. The average molecular weight is 391 g/mol. The van der Waals surface area contributed by atoms with Crippen molar-refractivity contribution >= 4 is 23.9 Å². The van der Waals surface area contributed by atoms with Gasteiger partial charge in [-0.2, -0.15) is 0 Å². The summed E-state index contributed by atoms with van der Waals surface area (Å²) in [6.07, 6.45) is 2.24. The summed E-state index contributed by atoms with van der Waals surface area (Å²) in [5, 5.41) is 1.52. The lowest BCUT2D eigenvalue weighted by atomic mass is 9.92. The van der Waals surface area contributed by atoms with E-state index < -0.39 is 30.0 Å². The monoisotopic (exact) mass is 391 g/mol. The zero-order valence-corrected chi connectivity index (χ0v) is 16.8. The fourth-order valence-electron chi connectivity index (χ4n) is 3.17. The Morgan fingerprint density at radius 3 is 2.29 bits per heavy atom. The standard InChI is InChI=1S/C21H29NO6/c1-4-12-26-20(24)19(21(25)27-13-5-2)18-11-10-16(14-23)28-22(18)17-9-7-6-8-15(17)3/h6-9,14,16,18-19H,4-5,10-13H2,1-3H3/t16-,18-/m1/s1. The first-order valence-electron chi connectivity index (χ1n) is 9.83. The van der Waals surface area contributed by atoms with Gasteiger partial charge in [-0.05, 0) is 44.2 Å². The summed E-state index contributed by atoms with van der Waals surface area (Å²) in [6.45, 7) is 6.13. The maximum Gasteiger partial charge on any atom is 0.322 e. The molecule has 7 heteroatoms. The van der Waals surface area contributed by atoms with Crippen molar-refractivity contribution in [1.82, 2.24) is 0 Å². The van der Waals surface area contributed by atoms with Crippen molar-refractivity contribution in [3.05, 3.63) is 29.8 Å². The summed E-state index contributed by atoms with van der Waals surface area (Å²) in [5.41, 5.74) is 1.61. The van der Waals surface area contributed by atoms with Gasteiger partial charge < -0.3 is 14.3 Å². The second-order valence-corrected chi connectivity index (χ2v) is 6.85. The van der Waals surface area contributed by atoms with Crippen LogP contribution in [-0.4, -0.2) is 43.6 Å². The van der Waals surface area contributed by atoms with E-state index in [1.54, 1.807) is 0 Å². The van der Waals surface area contributed by atoms with Crippen LogP contribution in [0.3, 0.4) is 0 Å². The summed E-state index contributed by atoms with van der Waals surface area (Å²) >= 11 is 0. The molecule has 1 aromatic carbocycles. The fourth-order valence-corrected chi connectivity index (χ4v) is 3.17. The van der Waals surface area contributed by atoms with Crippen LogP contribution in [0, 0.1) is 12.8 Å². The zero-order chi connectivity index (χ0) is 20.5. The lowest BCUT2D eigenvalue weighted by Crippen LogP contribution is -2.53. The van der Waals surface area contributed by atoms with Crippen LogP contribution in [-0.2, 0) is 28.7 Å². The molecule has 0 bridgehead atoms. The number of hydroxylamine groups is 1. The van der Waals surface area contributed by atoms with Gasteiger partial charge in [-0.1, -0.05) is 32.0 Å². The highest BCUT2D eigenvalue weighted by molar-refractivity contribution is 5.96. The molecule has 1 aliphatic heterocycles. The maximum absolute atomic E-state index is 12.7. The summed E-state index contributed by atoms with van der Waals surface area (Å²) in [6, 6.07) is 6.84. The highest BCUT2D eigenvalue weighted by atomic mass is 16.7. The molecular weight excluding hydrogens is 362 g/mol. The highest BCUT2D eigenvalue weighted by Crippen LogP contribution is 2.33. The number of carbonyl (C=O) groups excluding carboxylic acids is 3. The third-order valence-electron chi connectivity index (χ3n) is 4.59. The van der Waals surface area contributed by atoms with Crippen molar-refractivity contribution in [2.75, 3.05) is 18.3 Å². The molecule has 2 rings (SSSR count). The van der Waals surface area contributed by atoms with Gasteiger partial charge in [-0.15, -0.1) is 0 Å². The van der Waals surface area contributed by atoms with E-state index >= 15 is 0 Å². The number of aryl methyl sites for hydroxylation is 1. The van der Waals surface area contributed by atoms with E-state index in [0.29, 0.717) is 31.4 Å². The number of rotatable bonds is 9. The van der Waals surface area contributed by atoms with Crippen molar-refractivity contribution in [3.8, 4) is 0 Å². The normalized spacial score (nSPS) is 19.4. The Balaban J connectivity index is 2.38. The van der Waals surface area contributed by atoms with Crippen LogP contribution in [0.15, 0.2) is 24.3 Å². The number of carbonyl (C=O) groups is 3. The molecule has 1 saturated heterocycles. The number of para-hydroxylation sites is 1. The predicted octanol–water partition coefficient (Wildman–Crippen LogP) is 2.99. The molecule has 28 heavy (non-hydrogen) atoms. The minimum absolute atomic E-state index is 0.227. The second-order valence-electron chi connectivity index (χ2n) is 6.85. The van der Waals surface area contributed by atoms with Crippen molar-refractivity contribution in [2.45, 2.75) is 58.6 Å². The number of benzene rings is 1. The molecule has 1 aromatic rings. The Labute approximate surface area is 165 Å². The van der Waals surface area contributed by atoms with Gasteiger partial charge in [0.2, 0.25) is 0 Å². The van der Waals surface area contributed by atoms with Crippen molar-refractivity contribution < 1.29 is 28.7 Å². The average Bonchev–Trinajstić information content (AvgIpc) is 2.71. The quantitative estimate of drug-likeness (QED) is 0.364. The van der Waals surface area contributed by atoms with Gasteiger partial charge in [-0.25, -0.2) is 5.06 Å². The van der Waals surface area contributed by atoms with Crippen LogP contribution in [0.4, 0.5) is 5.69 Å². The van der Waals surface area contributed by atoms with Gasteiger partial charge >= 0.3 is 11.9 Å². The first kappa shape index (κ1) is 21.9. The van der Waals surface area contributed by atoms with E-state index in [4.69, 9.17) is 14.3 Å². The summed E-state index contributed by atoms with van der Waals surface area (Å²) in [7, 11) is 0. The molecule has 0 aromatic heterocycles. The lowest BCUT2D eigenvalue weighted by molar-refractivity contribution is -0.166. The molecule has 0 unspecified atom stereocenters. The first-order chi connectivity index (χ1) is 13.5. The molecule has 1 aliphatic rings. The minimum Gasteiger partial charge on any atom is -0.465 e. The minimum atomic E-state index is -1.15. The van der Waals surface area contributed by atoms with Gasteiger partial charge in [0.15, 0.2) is 12.2 Å². The van der Waals surface area contributed by atoms with Crippen LogP contribution < -0.4 is 5.06 Å². The zero-order valence-electron chi connectivity index (χ0n) is 16.8. The van der Waals surface area contributed by atoms with Crippen LogP contribution >= 0.6 is 0 Å². The molecule has 0 radical (unpaired) electrons. The molecule has 0 saturated carbocycles. The first-order valence-corrected chi connectivity index (χ1v) is 9.83. The number of anilines is 1. The van der Waals surface area contributed by atoms with Crippen LogP contribution in [0.2, 0.25) is 0 Å². The molecule has 0 amide bonds. The van der Waals surface area contributed by atoms with E-state index in [-0.39, 0.29) is 13.2 Å². The van der Waals surface area contributed by atoms with Gasteiger partial charge in [0.25, 0.3) is 0 Å². The molecule has 0 N–H and O–H groups in total. The largest absolute Gasteiger partial charge is 0.465 e. The fraction of sp³-hybridized carbons (Fsp3) is 0.571. The SMILES string of the molecule is CCCOC(=O)C(C(=O)OCCC)[C@H]1CC[C@H](C=O)ON1c1ccccc1C. The van der Waals surface area contributed by atoms with E-state index in [1.807, 2.05) is 45.0 Å². The van der Waals surface area contributed by atoms with Gasteiger partial charge in [0, 0.05) is 0 Å². The van der Waals surface area contributed by atoms with Crippen LogP contribution in [0.1, 0.15) is 45.1 Å². The Bertz CT molecular complexity index is 657. The molecule has 0 spiro atoms. The predicted molar refractivity (Wildman–Crippen MR) is 104 cm³/mol. The lowest BCUT2D eigenvalue weighted by Gasteiger charge is -2.41. The maximum atomic E-state index is 12.7. The topological polar surface area (TPSA) is 82.1 Å². The van der Waals surface area contributed by atoms with E-state index in [0.717, 1.165) is 11.8 Å². The van der Waals surface area contributed by atoms with Crippen LogP contribution in [0.25, 0.3) is 0 Å². The molecular formula is C21H29NO6. The van der Waals surface area contributed by atoms with E-state index in [1.165, 1.54) is 5.06 Å². The second kappa shape index (κ2) is 10.8. The van der Waals surface area contributed by atoms with Crippen molar-refractivity contribution in [2.24, 2.45) is 5.92 Å². The van der Waals surface area contributed by atoms with Gasteiger partial charge in [0.05, 0.1) is 24.9 Å². The van der Waals surface area contributed by atoms with Crippen molar-refractivity contribution in [1.29, 1.82) is 0 Å².